The van der Waals surface area contributed by atoms with Crippen LogP contribution in [0.25, 0.3) is 0 Å². The zero-order chi connectivity index (χ0) is 8.85. The van der Waals surface area contributed by atoms with E-state index in [2.05, 4.69) is 6.92 Å². The van der Waals surface area contributed by atoms with Gasteiger partial charge in [0.05, 0.1) is 5.92 Å². The minimum Gasteiger partial charge on any atom is -0.481 e. The second-order valence-electron chi connectivity index (χ2n) is 2.79. The highest BCUT2D eigenvalue weighted by Crippen LogP contribution is 2.16. The number of aliphatic carboxylic acids is 1. The first kappa shape index (κ1) is 10.8. The zero-order valence-electron chi connectivity index (χ0n) is 7.01. The molecule has 0 radical (unpaired) electrons. The molecule has 0 rings (SSSR count). The van der Waals surface area contributed by atoms with Crippen LogP contribution in [0.3, 0.4) is 0 Å². The van der Waals surface area contributed by atoms with Gasteiger partial charge in [0.1, 0.15) is 0 Å². The lowest BCUT2D eigenvalue weighted by Gasteiger charge is -2.12. The zero-order valence-corrected chi connectivity index (χ0v) is 7.77. The molecule has 0 aliphatic heterocycles. The smallest absolute Gasteiger partial charge is 0.307 e. The van der Waals surface area contributed by atoms with E-state index in [1.54, 1.807) is 6.92 Å². The predicted molar refractivity (Wildman–Crippen MR) is 46.0 cm³/mol. The lowest BCUT2D eigenvalue weighted by Crippen LogP contribution is -2.20. The number of carboxylic acids is 1. The average Bonchev–Trinajstić information content (AvgIpc) is 1.98. The topological polar surface area (TPSA) is 37.3 Å². The number of alkyl halides is 1. The van der Waals surface area contributed by atoms with Gasteiger partial charge in [-0.3, -0.25) is 4.79 Å². The number of hydrogen-bond acceptors (Lipinski definition) is 1. The fraction of sp³-hybridized carbons (Fsp3) is 0.875. The molecule has 1 N–H and O–H groups in total. The Kier molecular flexibility index (Phi) is 5.30. The average molecular weight is 179 g/mol. The number of carbonyl (C=O) groups is 1. The number of unbranched alkanes of at least 4 members (excludes halogenated alkanes) is 1. The van der Waals surface area contributed by atoms with Crippen LogP contribution in [0, 0.1) is 5.92 Å². The molecule has 0 amide bonds. The van der Waals surface area contributed by atoms with Crippen LogP contribution in [-0.4, -0.2) is 16.5 Å². The molecular weight excluding hydrogens is 164 g/mol. The van der Waals surface area contributed by atoms with Crippen LogP contribution in [0.15, 0.2) is 0 Å². The van der Waals surface area contributed by atoms with Gasteiger partial charge < -0.3 is 5.11 Å². The van der Waals surface area contributed by atoms with Gasteiger partial charge in [0.2, 0.25) is 0 Å². The van der Waals surface area contributed by atoms with Gasteiger partial charge in [0, 0.05) is 5.38 Å². The van der Waals surface area contributed by atoms with Gasteiger partial charge in [-0.25, -0.2) is 0 Å². The molecule has 11 heavy (non-hydrogen) atoms. The predicted octanol–water partition coefficient (Wildman–Crippen LogP) is 2.50. The number of halogens is 1. The molecule has 0 fully saturated rings. The summed E-state index contributed by atoms with van der Waals surface area (Å²) in [5.74, 6) is -1.23. The Labute approximate surface area is 72.6 Å². The first-order chi connectivity index (χ1) is 5.09. The molecule has 0 spiro atoms. The van der Waals surface area contributed by atoms with Crippen LogP contribution < -0.4 is 0 Å². The molecular formula is C8H15ClO2. The van der Waals surface area contributed by atoms with Crippen LogP contribution in [0.2, 0.25) is 0 Å². The van der Waals surface area contributed by atoms with Crippen molar-refractivity contribution in [3.8, 4) is 0 Å². The standard InChI is InChI=1S/C8H15ClO2/c1-3-4-5-7(9)6(2)8(10)11/h6-7H,3-5H2,1-2H3,(H,10,11)/t6-,7-/m1/s1. The van der Waals surface area contributed by atoms with Crippen molar-refractivity contribution < 1.29 is 9.90 Å². The minimum atomic E-state index is -0.805. The third-order valence-corrected chi connectivity index (χ3v) is 2.36. The van der Waals surface area contributed by atoms with E-state index in [1.165, 1.54) is 0 Å². The fourth-order valence-electron chi connectivity index (χ4n) is 0.804. The van der Waals surface area contributed by atoms with Crippen molar-refractivity contribution in [2.45, 2.75) is 38.5 Å². The highest BCUT2D eigenvalue weighted by molar-refractivity contribution is 6.21. The van der Waals surface area contributed by atoms with E-state index in [9.17, 15) is 4.79 Å². The number of hydrogen-bond donors (Lipinski definition) is 1. The van der Waals surface area contributed by atoms with Crippen LogP contribution >= 0.6 is 11.6 Å². The third kappa shape index (κ3) is 4.25. The molecule has 0 bridgehead atoms. The first-order valence-corrected chi connectivity index (χ1v) is 4.40. The Morgan fingerprint density at radius 2 is 2.18 bits per heavy atom. The monoisotopic (exact) mass is 178 g/mol. The summed E-state index contributed by atoms with van der Waals surface area (Å²) in [6.45, 7) is 3.71. The normalized spacial score (nSPS) is 15.9. The Balaban J connectivity index is 3.63. The lowest BCUT2D eigenvalue weighted by molar-refractivity contribution is -0.141. The highest BCUT2D eigenvalue weighted by atomic mass is 35.5. The Hall–Kier alpha value is -0.240. The lowest BCUT2D eigenvalue weighted by atomic mass is 10.0. The third-order valence-electron chi connectivity index (χ3n) is 1.77. The van der Waals surface area contributed by atoms with E-state index in [-0.39, 0.29) is 5.38 Å². The van der Waals surface area contributed by atoms with E-state index in [0.29, 0.717) is 0 Å². The molecule has 2 atom stereocenters. The van der Waals surface area contributed by atoms with Gasteiger partial charge in [-0.1, -0.05) is 26.7 Å². The quantitative estimate of drug-likeness (QED) is 0.657. The van der Waals surface area contributed by atoms with Crippen molar-refractivity contribution in [3.05, 3.63) is 0 Å². The molecule has 0 aliphatic carbocycles. The van der Waals surface area contributed by atoms with Gasteiger partial charge in [-0.2, -0.15) is 0 Å². The molecule has 0 aromatic carbocycles. The van der Waals surface area contributed by atoms with Crippen molar-refractivity contribution in [3.63, 3.8) is 0 Å². The summed E-state index contributed by atoms with van der Waals surface area (Å²) in [5.41, 5.74) is 0. The summed E-state index contributed by atoms with van der Waals surface area (Å²) in [4.78, 5) is 10.4. The minimum absolute atomic E-state index is 0.215. The van der Waals surface area contributed by atoms with E-state index in [4.69, 9.17) is 16.7 Å². The van der Waals surface area contributed by atoms with E-state index < -0.39 is 11.9 Å². The molecule has 3 heteroatoms. The van der Waals surface area contributed by atoms with E-state index in [1.807, 2.05) is 0 Å². The SMILES string of the molecule is CCCC[C@@H](Cl)[C@@H](C)C(=O)O. The molecule has 0 aliphatic rings. The van der Waals surface area contributed by atoms with Gasteiger partial charge in [-0.05, 0) is 6.42 Å². The Bertz CT molecular complexity index is 125. The largest absolute Gasteiger partial charge is 0.481 e. The van der Waals surface area contributed by atoms with E-state index >= 15 is 0 Å². The van der Waals surface area contributed by atoms with Gasteiger partial charge in [0.25, 0.3) is 0 Å². The molecule has 66 valence electrons. The van der Waals surface area contributed by atoms with E-state index in [0.717, 1.165) is 19.3 Å². The summed E-state index contributed by atoms with van der Waals surface area (Å²) in [7, 11) is 0. The molecule has 2 nitrogen and oxygen atoms in total. The van der Waals surface area contributed by atoms with Crippen LogP contribution in [0.1, 0.15) is 33.1 Å². The summed E-state index contributed by atoms with van der Waals surface area (Å²) in [6, 6.07) is 0. The second-order valence-corrected chi connectivity index (χ2v) is 3.35. The van der Waals surface area contributed by atoms with Crippen molar-refractivity contribution in [1.82, 2.24) is 0 Å². The van der Waals surface area contributed by atoms with Crippen molar-refractivity contribution >= 4 is 17.6 Å². The number of carboxylic acid groups (broad SMARTS) is 1. The first-order valence-electron chi connectivity index (χ1n) is 3.96. The molecule has 0 saturated carbocycles. The van der Waals surface area contributed by atoms with Crippen LogP contribution in [0.5, 0.6) is 0 Å². The second kappa shape index (κ2) is 5.42. The molecule has 0 heterocycles. The summed E-state index contributed by atoms with van der Waals surface area (Å²) >= 11 is 5.82. The summed E-state index contributed by atoms with van der Waals surface area (Å²) in [6.07, 6.45) is 2.87. The maximum Gasteiger partial charge on any atom is 0.307 e. The molecule has 0 aromatic rings. The molecule has 0 aromatic heterocycles. The van der Waals surface area contributed by atoms with Crippen LogP contribution in [0.4, 0.5) is 0 Å². The Morgan fingerprint density at radius 3 is 2.55 bits per heavy atom. The Morgan fingerprint density at radius 1 is 1.64 bits per heavy atom. The fourth-order valence-corrected chi connectivity index (χ4v) is 1.07. The highest BCUT2D eigenvalue weighted by Gasteiger charge is 2.20. The number of rotatable bonds is 5. The molecule has 0 saturated heterocycles. The van der Waals surface area contributed by atoms with Crippen molar-refractivity contribution in [2.75, 3.05) is 0 Å². The van der Waals surface area contributed by atoms with Crippen LogP contribution in [-0.2, 0) is 4.79 Å². The van der Waals surface area contributed by atoms with Crippen molar-refractivity contribution in [1.29, 1.82) is 0 Å². The molecule has 0 unspecified atom stereocenters. The van der Waals surface area contributed by atoms with Gasteiger partial charge in [0.15, 0.2) is 0 Å². The maximum absolute atomic E-state index is 10.4. The van der Waals surface area contributed by atoms with Gasteiger partial charge in [-0.15, -0.1) is 11.6 Å². The van der Waals surface area contributed by atoms with Gasteiger partial charge >= 0.3 is 5.97 Å². The summed E-state index contributed by atoms with van der Waals surface area (Å²) in [5, 5.41) is 8.35. The maximum atomic E-state index is 10.4. The van der Waals surface area contributed by atoms with Crippen molar-refractivity contribution in [2.24, 2.45) is 5.92 Å². The summed E-state index contributed by atoms with van der Waals surface area (Å²) < 4.78 is 0.